The lowest BCUT2D eigenvalue weighted by atomic mass is 9.97. The van der Waals surface area contributed by atoms with Crippen molar-refractivity contribution in [1.82, 2.24) is 19.9 Å². The van der Waals surface area contributed by atoms with Gasteiger partial charge in [-0.2, -0.15) is 5.26 Å². The summed E-state index contributed by atoms with van der Waals surface area (Å²) in [7, 11) is 0. The van der Waals surface area contributed by atoms with Gasteiger partial charge in [0, 0.05) is 54.7 Å². The molecular weight excluding hydrogens is 464 g/mol. The van der Waals surface area contributed by atoms with Gasteiger partial charge in [0.05, 0.1) is 41.3 Å². The number of hydrogen-bond donors (Lipinski definition) is 1. The van der Waals surface area contributed by atoms with E-state index in [4.69, 9.17) is 4.98 Å². The molecule has 2 saturated carbocycles. The molecule has 188 valence electrons. The number of hydrogen-bond acceptors (Lipinski definition) is 7. The number of carbonyl (C=O) groups excluding carboxylic acids is 1. The quantitative estimate of drug-likeness (QED) is 0.531. The van der Waals surface area contributed by atoms with Crippen LogP contribution in [0.1, 0.15) is 55.0 Å². The SMILES string of the molecule is C=Cc1ccc2c(-c3cc(C#N)c(N4CCN(C(=O)CCO)C(C5CC5)C4)nc3C3CC3)cncc2n1. The molecule has 3 aromatic rings. The lowest BCUT2D eigenvalue weighted by molar-refractivity contribution is -0.135. The van der Waals surface area contributed by atoms with Crippen LogP contribution in [0.5, 0.6) is 0 Å². The molecule has 1 atom stereocenters. The summed E-state index contributed by atoms with van der Waals surface area (Å²) < 4.78 is 0. The number of aromatic nitrogens is 3. The van der Waals surface area contributed by atoms with E-state index in [1.54, 1.807) is 12.3 Å². The van der Waals surface area contributed by atoms with Gasteiger partial charge in [0.15, 0.2) is 0 Å². The average molecular weight is 495 g/mol. The van der Waals surface area contributed by atoms with Crippen LogP contribution < -0.4 is 4.90 Å². The largest absolute Gasteiger partial charge is 0.396 e. The van der Waals surface area contributed by atoms with Gasteiger partial charge in [0.1, 0.15) is 11.9 Å². The second-order valence-corrected chi connectivity index (χ2v) is 10.3. The number of pyridine rings is 3. The van der Waals surface area contributed by atoms with Crippen molar-refractivity contribution in [2.24, 2.45) is 5.92 Å². The van der Waals surface area contributed by atoms with E-state index in [1.807, 2.05) is 29.3 Å². The molecule has 0 aromatic carbocycles. The molecule has 1 saturated heterocycles. The van der Waals surface area contributed by atoms with Crippen molar-refractivity contribution in [3.63, 3.8) is 0 Å². The van der Waals surface area contributed by atoms with Gasteiger partial charge in [-0.3, -0.25) is 9.78 Å². The highest BCUT2D eigenvalue weighted by Crippen LogP contribution is 2.46. The van der Waals surface area contributed by atoms with Crippen LogP contribution in [0, 0.1) is 17.2 Å². The van der Waals surface area contributed by atoms with Crippen LogP contribution in [0.25, 0.3) is 28.1 Å². The number of rotatable bonds is 7. The van der Waals surface area contributed by atoms with Crippen LogP contribution >= 0.6 is 0 Å². The molecule has 0 radical (unpaired) electrons. The number of carbonyl (C=O) groups is 1. The van der Waals surface area contributed by atoms with Crippen LogP contribution in [0.3, 0.4) is 0 Å². The number of nitrogens with zero attached hydrogens (tertiary/aromatic N) is 6. The summed E-state index contributed by atoms with van der Waals surface area (Å²) in [5.41, 5.74) is 5.02. The average Bonchev–Trinajstić information content (AvgIpc) is 3.85. The van der Waals surface area contributed by atoms with E-state index >= 15 is 0 Å². The van der Waals surface area contributed by atoms with Crippen molar-refractivity contribution in [3.05, 3.63) is 54.1 Å². The zero-order valence-electron chi connectivity index (χ0n) is 20.8. The molecule has 1 aliphatic heterocycles. The number of aliphatic hydroxyl groups excluding tert-OH is 1. The number of aliphatic hydroxyl groups is 1. The first kappa shape index (κ1) is 23.6. The second-order valence-electron chi connectivity index (χ2n) is 10.3. The predicted octanol–water partition coefficient (Wildman–Crippen LogP) is 3.89. The van der Waals surface area contributed by atoms with Gasteiger partial charge in [-0.25, -0.2) is 9.97 Å². The summed E-state index contributed by atoms with van der Waals surface area (Å²) >= 11 is 0. The maximum atomic E-state index is 12.7. The Morgan fingerprint density at radius 2 is 2.00 bits per heavy atom. The van der Waals surface area contributed by atoms with Crippen LogP contribution in [-0.2, 0) is 4.79 Å². The molecule has 37 heavy (non-hydrogen) atoms. The Balaban J connectivity index is 1.40. The lowest BCUT2D eigenvalue weighted by Crippen LogP contribution is -2.56. The Hall–Kier alpha value is -3.83. The van der Waals surface area contributed by atoms with Crippen molar-refractivity contribution in [2.75, 3.05) is 31.1 Å². The zero-order valence-corrected chi connectivity index (χ0v) is 20.8. The van der Waals surface area contributed by atoms with Gasteiger partial charge in [-0.15, -0.1) is 0 Å². The number of piperazine rings is 1. The van der Waals surface area contributed by atoms with Crippen molar-refractivity contribution >= 4 is 28.7 Å². The molecule has 1 N–H and O–H groups in total. The van der Waals surface area contributed by atoms with E-state index in [0.717, 1.165) is 59.1 Å². The van der Waals surface area contributed by atoms with E-state index < -0.39 is 0 Å². The van der Waals surface area contributed by atoms with Crippen molar-refractivity contribution in [2.45, 2.75) is 44.1 Å². The Morgan fingerprint density at radius 3 is 2.70 bits per heavy atom. The molecule has 4 heterocycles. The zero-order chi connectivity index (χ0) is 25.5. The predicted molar refractivity (Wildman–Crippen MR) is 142 cm³/mol. The van der Waals surface area contributed by atoms with Crippen LogP contribution in [0.2, 0.25) is 0 Å². The normalized spacial score (nSPS) is 19.6. The fourth-order valence-corrected chi connectivity index (χ4v) is 5.56. The molecule has 1 unspecified atom stereocenters. The molecule has 6 rings (SSSR count). The fraction of sp³-hybridized carbons (Fsp3) is 0.414. The molecule has 8 nitrogen and oxygen atoms in total. The van der Waals surface area contributed by atoms with E-state index in [0.29, 0.717) is 42.9 Å². The molecular formula is C29H30N6O2. The molecule has 1 amide bonds. The first-order valence-corrected chi connectivity index (χ1v) is 13.1. The standard InChI is InChI=1S/C29H30N6O2/c1-2-21-7-8-22-24(15-31-16-25(22)32-21)23-13-20(14-30)29(33-28(23)19-5-6-19)34-10-11-35(27(37)9-12-36)26(17-34)18-3-4-18/h2,7-8,13,15-16,18-19,26,36H,1,3-6,9-12,17H2. The highest BCUT2D eigenvalue weighted by molar-refractivity contribution is 5.95. The summed E-state index contributed by atoms with van der Waals surface area (Å²) in [6, 6.07) is 8.45. The summed E-state index contributed by atoms with van der Waals surface area (Å²) in [4.78, 5) is 31.1. The second kappa shape index (κ2) is 9.56. The molecule has 8 heteroatoms. The first-order valence-electron chi connectivity index (χ1n) is 13.1. The Morgan fingerprint density at radius 1 is 1.16 bits per heavy atom. The summed E-state index contributed by atoms with van der Waals surface area (Å²) in [5, 5.41) is 20.5. The summed E-state index contributed by atoms with van der Waals surface area (Å²) in [6.45, 7) is 5.55. The molecule has 0 spiro atoms. The highest BCUT2D eigenvalue weighted by Gasteiger charge is 2.41. The van der Waals surface area contributed by atoms with Crippen molar-refractivity contribution < 1.29 is 9.90 Å². The number of amides is 1. The molecule has 3 fully saturated rings. The van der Waals surface area contributed by atoms with Gasteiger partial charge >= 0.3 is 0 Å². The highest BCUT2D eigenvalue weighted by atomic mass is 16.3. The summed E-state index contributed by atoms with van der Waals surface area (Å²) in [5.74, 6) is 1.57. The Labute approximate surface area is 216 Å². The van der Waals surface area contributed by atoms with E-state index in [9.17, 15) is 15.2 Å². The Bertz CT molecular complexity index is 1420. The first-order chi connectivity index (χ1) is 18.1. The molecule has 0 bridgehead atoms. The van der Waals surface area contributed by atoms with Crippen LogP contribution in [0.4, 0.5) is 5.82 Å². The van der Waals surface area contributed by atoms with Gasteiger partial charge < -0.3 is 14.9 Å². The van der Waals surface area contributed by atoms with Gasteiger partial charge in [-0.1, -0.05) is 6.58 Å². The molecule has 3 aromatic heterocycles. The molecule has 2 aliphatic carbocycles. The smallest absolute Gasteiger partial charge is 0.225 e. The number of fused-ring (bicyclic) bond motifs is 1. The maximum absolute atomic E-state index is 12.7. The van der Waals surface area contributed by atoms with Crippen LogP contribution in [0.15, 0.2) is 37.2 Å². The van der Waals surface area contributed by atoms with Gasteiger partial charge in [0.25, 0.3) is 0 Å². The third-order valence-corrected chi connectivity index (χ3v) is 7.78. The van der Waals surface area contributed by atoms with Gasteiger partial charge in [0.2, 0.25) is 5.91 Å². The third kappa shape index (κ3) is 4.44. The van der Waals surface area contributed by atoms with Crippen molar-refractivity contribution in [3.8, 4) is 17.2 Å². The number of anilines is 1. The summed E-state index contributed by atoms with van der Waals surface area (Å²) in [6.07, 6.45) is 9.86. The molecule has 3 aliphatic rings. The van der Waals surface area contributed by atoms with Crippen LogP contribution in [-0.4, -0.2) is 63.1 Å². The Kier molecular flexibility index (Phi) is 6.09. The minimum Gasteiger partial charge on any atom is -0.396 e. The fourth-order valence-electron chi connectivity index (χ4n) is 5.56. The van der Waals surface area contributed by atoms with E-state index in [-0.39, 0.29) is 25.0 Å². The number of nitriles is 1. The minimum atomic E-state index is -0.129. The topological polar surface area (TPSA) is 106 Å². The third-order valence-electron chi connectivity index (χ3n) is 7.78. The minimum absolute atomic E-state index is 0.0122. The van der Waals surface area contributed by atoms with Gasteiger partial charge in [-0.05, 0) is 55.9 Å². The lowest BCUT2D eigenvalue weighted by Gasteiger charge is -2.42. The van der Waals surface area contributed by atoms with E-state index in [1.165, 1.54) is 0 Å². The van der Waals surface area contributed by atoms with E-state index in [2.05, 4.69) is 27.5 Å². The monoisotopic (exact) mass is 494 g/mol. The maximum Gasteiger partial charge on any atom is 0.225 e. The van der Waals surface area contributed by atoms with Crippen molar-refractivity contribution in [1.29, 1.82) is 5.26 Å².